The SMILES string of the molecule is CS(=O)(=O)c1ccc(N2CCN(c3nccc(C(=O)NC4CC5CCC4C5)n3)CC2)c(F)c1.[HH]. The number of fused-ring (bicyclic) bond motifs is 2. The molecule has 2 aliphatic carbocycles. The maximum atomic E-state index is 14.6. The van der Waals surface area contributed by atoms with Gasteiger partial charge in [0.2, 0.25) is 5.95 Å². The fraction of sp³-hybridized carbons (Fsp3) is 0.522. The molecule has 3 unspecified atom stereocenters. The van der Waals surface area contributed by atoms with Crippen molar-refractivity contribution < 1.29 is 19.0 Å². The number of nitrogens with one attached hydrogen (secondary N) is 1. The average molecular weight is 476 g/mol. The normalized spacial score (nSPS) is 24.8. The lowest BCUT2D eigenvalue weighted by atomic mass is 9.95. The maximum absolute atomic E-state index is 14.6. The molecule has 2 heterocycles. The minimum Gasteiger partial charge on any atom is -0.366 e. The topological polar surface area (TPSA) is 95.5 Å². The number of rotatable bonds is 5. The van der Waals surface area contributed by atoms with Gasteiger partial charge in [0.15, 0.2) is 9.84 Å². The van der Waals surface area contributed by atoms with Crippen LogP contribution in [0.15, 0.2) is 35.4 Å². The van der Waals surface area contributed by atoms with Crippen molar-refractivity contribution in [1.82, 2.24) is 15.3 Å². The quantitative estimate of drug-likeness (QED) is 0.710. The minimum atomic E-state index is -3.46. The van der Waals surface area contributed by atoms with Gasteiger partial charge in [-0.05, 0) is 55.4 Å². The van der Waals surface area contributed by atoms with Crippen molar-refractivity contribution in [3.63, 3.8) is 0 Å². The molecule has 33 heavy (non-hydrogen) atoms. The van der Waals surface area contributed by atoms with Gasteiger partial charge in [-0.25, -0.2) is 22.8 Å². The zero-order chi connectivity index (χ0) is 23.2. The van der Waals surface area contributed by atoms with Gasteiger partial charge in [-0.2, -0.15) is 0 Å². The molecule has 1 aliphatic heterocycles. The van der Waals surface area contributed by atoms with Crippen molar-refractivity contribution in [2.45, 2.75) is 36.6 Å². The first-order chi connectivity index (χ1) is 15.8. The molecule has 3 atom stereocenters. The number of aromatic nitrogens is 2. The van der Waals surface area contributed by atoms with Crippen LogP contribution >= 0.6 is 0 Å². The number of carbonyl (C=O) groups is 1. The van der Waals surface area contributed by atoms with Crippen molar-refractivity contribution in [3.05, 3.63) is 42.0 Å². The van der Waals surface area contributed by atoms with Crippen LogP contribution in [0.3, 0.4) is 0 Å². The largest absolute Gasteiger partial charge is 0.366 e. The van der Waals surface area contributed by atoms with Gasteiger partial charge in [0, 0.05) is 46.1 Å². The van der Waals surface area contributed by atoms with Crippen LogP contribution < -0.4 is 15.1 Å². The van der Waals surface area contributed by atoms with E-state index >= 15 is 0 Å². The first-order valence-electron chi connectivity index (χ1n) is 11.4. The van der Waals surface area contributed by atoms with Crippen molar-refractivity contribution in [2.75, 3.05) is 42.2 Å². The third kappa shape index (κ3) is 4.53. The standard InChI is InChI=1S/C23H28FN5O3S.H2/c1-33(31,32)17-4-5-21(18(24)14-17)28-8-10-29(11-9-28)23-25-7-6-19(27-23)22(30)26-20-13-15-2-3-16(20)12-15;/h4-7,14-16,20H,2-3,8-13H2,1H3,(H,26,30);1H. The summed E-state index contributed by atoms with van der Waals surface area (Å²) in [4.78, 5) is 25.4. The molecule has 0 radical (unpaired) electrons. The predicted octanol–water partition coefficient (Wildman–Crippen LogP) is 2.51. The smallest absolute Gasteiger partial charge is 0.270 e. The van der Waals surface area contributed by atoms with E-state index < -0.39 is 15.7 Å². The van der Waals surface area contributed by atoms with Crippen LogP contribution in [0.4, 0.5) is 16.0 Å². The second-order valence-electron chi connectivity index (χ2n) is 9.36. The molecule has 1 amide bonds. The Morgan fingerprint density at radius 2 is 1.88 bits per heavy atom. The second kappa shape index (κ2) is 8.55. The van der Waals surface area contributed by atoms with Gasteiger partial charge in [0.1, 0.15) is 11.5 Å². The van der Waals surface area contributed by atoms with Crippen LogP contribution in [-0.4, -0.2) is 62.8 Å². The fourth-order valence-electron chi connectivity index (χ4n) is 5.41. The summed E-state index contributed by atoms with van der Waals surface area (Å²) in [5, 5.41) is 3.17. The number of piperazine rings is 1. The Morgan fingerprint density at radius 1 is 1.12 bits per heavy atom. The summed E-state index contributed by atoms with van der Waals surface area (Å²) in [5.41, 5.74) is 0.745. The number of carbonyl (C=O) groups excluding carboxylic acids is 1. The molecule has 3 aliphatic rings. The Balaban J connectivity index is 0.00000274. The zero-order valence-corrected chi connectivity index (χ0v) is 19.4. The molecule has 2 saturated carbocycles. The van der Waals surface area contributed by atoms with Crippen LogP contribution in [0.25, 0.3) is 0 Å². The average Bonchev–Trinajstić information content (AvgIpc) is 3.42. The summed E-state index contributed by atoms with van der Waals surface area (Å²) < 4.78 is 37.9. The lowest BCUT2D eigenvalue weighted by molar-refractivity contribution is 0.0917. The van der Waals surface area contributed by atoms with Crippen molar-refractivity contribution >= 4 is 27.4 Å². The molecule has 1 saturated heterocycles. The van der Waals surface area contributed by atoms with E-state index in [1.807, 2.05) is 9.80 Å². The van der Waals surface area contributed by atoms with E-state index in [1.54, 1.807) is 12.3 Å². The highest BCUT2D eigenvalue weighted by molar-refractivity contribution is 7.90. The number of hydrogen-bond acceptors (Lipinski definition) is 7. The molecule has 178 valence electrons. The highest BCUT2D eigenvalue weighted by Gasteiger charge is 2.40. The lowest BCUT2D eigenvalue weighted by Gasteiger charge is -2.36. The molecule has 0 spiro atoms. The molecule has 1 N–H and O–H groups in total. The molecule has 2 bridgehead atoms. The van der Waals surface area contributed by atoms with Crippen LogP contribution in [0.1, 0.15) is 37.6 Å². The molecule has 1 aromatic heterocycles. The number of benzene rings is 1. The third-order valence-corrected chi connectivity index (χ3v) is 8.29. The minimum absolute atomic E-state index is 0. The molecule has 1 aromatic carbocycles. The molecule has 2 aromatic rings. The first kappa shape index (κ1) is 22.1. The Bertz CT molecular complexity index is 1170. The lowest BCUT2D eigenvalue weighted by Crippen LogP contribution is -2.47. The van der Waals surface area contributed by atoms with Crippen molar-refractivity contribution in [3.8, 4) is 0 Å². The summed E-state index contributed by atoms with van der Waals surface area (Å²) in [6, 6.07) is 5.90. The second-order valence-corrected chi connectivity index (χ2v) is 11.4. The van der Waals surface area contributed by atoms with Crippen LogP contribution in [0.2, 0.25) is 0 Å². The fourth-order valence-corrected chi connectivity index (χ4v) is 6.05. The predicted molar refractivity (Wildman–Crippen MR) is 125 cm³/mol. The number of sulfone groups is 1. The van der Waals surface area contributed by atoms with Crippen molar-refractivity contribution in [1.29, 1.82) is 0 Å². The monoisotopic (exact) mass is 475 g/mol. The van der Waals surface area contributed by atoms with Crippen molar-refractivity contribution in [2.24, 2.45) is 11.8 Å². The third-order valence-electron chi connectivity index (χ3n) is 7.18. The number of anilines is 2. The summed E-state index contributed by atoms with van der Waals surface area (Å²) in [6.07, 6.45) is 7.44. The molecular formula is C23H30FN5O3S. The molecule has 3 fully saturated rings. The first-order valence-corrected chi connectivity index (χ1v) is 13.3. The number of nitrogens with zero attached hydrogens (tertiary/aromatic N) is 4. The van der Waals surface area contributed by atoms with Gasteiger partial charge >= 0.3 is 0 Å². The number of hydrogen-bond donors (Lipinski definition) is 1. The molecule has 5 rings (SSSR count). The van der Waals surface area contributed by atoms with E-state index in [9.17, 15) is 17.6 Å². The summed E-state index contributed by atoms with van der Waals surface area (Å²) in [6.45, 7) is 2.18. The Hall–Kier alpha value is -2.75. The van der Waals surface area contributed by atoms with E-state index in [1.165, 1.54) is 31.4 Å². The summed E-state index contributed by atoms with van der Waals surface area (Å²) in [5.74, 6) is 1.14. The maximum Gasteiger partial charge on any atom is 0.270 e. The van der Waals surface area contributed by atoms with Crippen LogP contribution in [0.5, 0.6) is 0 Å². The number of amides is 1. The Morgan fingerprint density at radius 3 is 2.52 bits per heavy atom. The Labute approximate surface area is 194 Å². The molecule has 10 heteroatoms. The molecule has 8 nitrogen and oxygen atoms in total. The Kier molecular flexibility index (Phi) is 5.72. The van der Waals surface area contributed by atoms with E-state index in [2.05, 4.69) is 15.3 Å². The van der Waals surface area contributed by atoms with Crippen LogP contribution in [-0.2, 0) is 9.84 Å². The van der Waals surface area contributed by atoms with Gasteiger partial charge in [0.05, 0.1) is 10.6 Å². The van der Waals surface area contributed by atoms with Gasteiger partial charge in [0.25, 0.3) is 5.91 Å². The van der Waals surface area contributed by atoms with Gasteiger partial charge in [-0.1, -0.05) is 6.42 Å². The summed E-state index contributed by atoms with van der Waals surface area (Å²) in [7, 11) is -3.46. The van der Waals surface area contributed by atoms with Gasteiger partial charge in [-0.3, -0.25) is 4.79 Å². The zero-order valence-electron chi connectivity index (χ0n) is 18.6. The van der Waals surface area contributed by atoms with Crippen LogP contribution in [0, 0.1) is 17.7 Å². The highest BCUT2D eigenvalue weighted by Crippen LogP contribution is 2.44. The number of halogens is 1. The molecular weight excluding hydrogens is 445 g/mol. The summed E-state index contributed by atoms with van der Waals surface area (Å²) >= 11 is 0. The van der Waals surface area contributed by atoms with E-state index in [-0.39, 0.29) is 18.3 Å². The van der Waals surface area contributed by atoms with E-state index in [0.717, 1.165) is 24.7 Å². The van der Waals surface area contributed by atoms with Gasteiger partial charge in [-0.15, -0.1) is 0 Å². The van der Waals surface area contributed by atoms with E-state index in [0.29, 0.717) is 49.4 Å². The van der Waals surface area contributed by atoms with Gasteiger partial charge < -0.3 is 15.1 Å². The van der Waals surface area contributed by atoms with E-state index in [4.69, 9.17) is 0 Å². The highest BCUT2D eigenvalue weighted by atomic mass is 32.2.